The highest BCUT2D eigenvalue weighted by Gasteiger charge is 2.17. The van der Waals surface area contributed by atoms with E-state index < -0.39 is 10.0 Å². The summed E-state index contributed by atoms with van der Waals surface area (Å²) in [6, 6.07) is 16.3. The summed E-state index contributed by atoms with van der Waals surface area (Å²) in [5, 5.41) is 0. The van der Waals surface area contributed by atoms with Gasteiger partial charge in [0.1, 0.15) is 12.4 Å². The van der Waals surface area contributed by atoms with Crippen LogP contribution in [-0.2, 0) is 14.8 Å². The van der Waals surface area contributed by atoms with Crippen LogP contribution in [0.4, 0.5) is 0 Å². The average molecular weight is 363 g/mol. The summed E-state index contributed by atoms with van der Waals surface area (Å²) in [5.74, 6) is 0.763. The highest BCUT2D eigenvalue weighted by molar-refractivity contribution is 7.89. The molecule has 1 N–H and O–H groups in total. The van der Waals surface area contributed by atoms with Crippen LogP contribution in [0.2, 0.25) is 0 Å². The number of rotatable bonds is 10. The average Bonchev–Trinajstić information content (AvgIpc) is 2.64. The number of hydrogen-bond acceptors (Lipinski definition) is 4. The lowest BCUT2D eigenvalue weighted by Crippen LogP contribution is -2.28. The minimum Gasteiger partial charge on any atom is -0.491 e. The maximum Gasteiger partial charge on any atom is 0.240 e. The van der Waals surface area contributed by atoms with Crippen LogP contribution in [-0.4, -0.2) is 35.3 Å². The molecule has 2 aromatic rings. The van der Waals surface area contributed by atoms with Crippen molar-refractivity contribution in [1.29, 1.82) is 0 Å². The van der Waals surface area contributed by atoms with Gasteiger partial charge in [-0.25, -0.2) is 13.1 Å². The first-order valence-corrected chi connectivity index (χ1v) is 9.81. The molecule has 5 nitrogen and oxygen atoms in total. The Bertz CT molecular complexity index is 730. The van der Waals surface area contributed by atoms with Gasteiger partial charge in [-0.3, -0.25) is 0 Å². The minimum atomic E-state index is -3.55. The Hall–Kier alpha value is -1.89. The lowest BCUT2D eigenvalue weighted by atomic mass is 9.97. The predicted molar refractivity (Wildman–Crippen MR) is 98.5 cm³/mol. The molecule has 0 heterocycles. The molecule has 1 atom stereocenters. The summed E-state index contributed by atoms with van der Waals surface area (Å²) in [6.45, 7) is 3.34. The van der Waals surface area contributed by atoms with Crippen molar-refractivity contribution < 1.29 is 17.9 Å². The van der Waals surface area contributed by atoms with Gasteiger partial charge in [-0.2, -0.15) is 0 Å². The quantitative estimate of drug-likeness (QED) is 0.659. The van der Waals surface area contributed by atoms with Gasteiger partial charge in [0.2, 0.25) is 10.0 Å². The van der Waals surface area contributed by atoms with Gasteiger partial charge < -0.3 is 9.47 Å². The summed E-state index contributed by atoms with van der Waals surface area (Å²) in [4.78, 5) is 0.231. The van der Waals surface area contributed by atoms with Gasteiger partial charge in [0.15, 0.2) is 0 Å². The molecule has 0 saturated heterocycles. The summed E-state index contributed by atoms with van der Waals surface area (Å²) in [6.07, 6.45) is 0.860. The highest BCUT2D eigenvalue weighted by Crippen LogP contribution is 2.20. The van der Waals surface area contributed by atoms with E-state index >= 15 is 0 Å². The normalized spacial score (nSPS) is 12.7. The molecule has 0 fully saturated rings. The van der Waals surface area contributed by atoms with Gasteiger partial charge in [-0.1, -0.05) is 37.3 Å². The number of methoxy groups -OCH3 is 1. The van der Waals surface area contributed by atoms with Crippen molar-refractivity contribution in [2.75, 3.05) is 26.9 Å². The molecule has 0 amide bonds. The van der Waals surface area contributed by atoms with Gasteiger partial charge in [-0.15, -0.1) is 0 Å². The summed E-state index contributed by atoms with van der Waals surface area (Å²) < 4.78 is 38.0. The van der Waals surface area contributed by atoms with Gasteiger partial charge >= 0.3 is 0 Å². The minimum absolute atomic E-state index is 0.146. The number of nitrogens with one attached hydrogen (secondary N) is 1. The van der Waals surface area contributed by atoms with Crippen molar-refractivity contribution in [3.8, 4) is 5.75 Å². The number of ether oxygens (including phenoxy) is 2. The first kappa shape index (κ1) is 19.4. The molecule has 0 aliphatic carbocycles. The first-order valence-electron chi connectivity index (χ1n) is 8.33. The van der Waals surface area contributed by atoms with Crippen molar-refractivity contribution in [3.63, 3.8) is 0 Å². The summed E-state index contributed by atoms with van der Waals surface area (Å²) in [5.41, 5.74) is 1.13. The number of hydrogen-bond donors (Lipinski definition) is 1. The van der Waals surface area contributed by atoms with Crippen LogP contribution in [0.15, 0.2) is 59.5 Å². The topological polar surface area (TPSA) is 64.6 Å². The molecule has 0 aromatic heterocycles. The lowest BCUT2D eigenvalue weighted by molar-refractivity contribution is 0.146. The van der Waals surface area contributed by atoms with E-state index in [0.717, 1.165) is 12.0 Å². The standard InChI is InChI=1S/C19H25NO4S/c1-3-16(17-7-5-4-6-8-17)15-20-25(21,22)19-11-9-18(10-12-19)24-14-13-23-2/h4-12,16,20H,3,13-15H2,1-2H3. The molecule has 2 rings (SSSR count). The highest BCUT2D eigenvalue weighted by atomic mass is 32.2. The van der Waals surface area contributed by atoms with E-state index in [2.05, 4.69) is 11.6 Å². The van der Waals surface area contributed by atoms with Crippen molar-refractivity contribution in [3.05, 3.63) is 60.2 Å². The van der Waals surface area contributed by atoms with E-state index in [4.69, 9.17) is 9.47 Å². The van der Waals surface area contributed by atoms with Crippen LogP contribution in [0.25, 0.3) is 0 Å². The number of sulfonamides is 1. The molecule has 2 aromatic carbocycles. The zero-order chi connectivity index (χ0) is 18.1. The fourth-order valence-electron chi connectivity index (χ4n) is 2.47. The van der Waals surface area contributed by atoms with E-state index in [0.29, 0.717) is 25.5 Å². The molecule has 0 aliphatic rings. The third-order valence-electron chi connectivity index (χ3n) is 3.97. The smallest absolute Gasteiger partial charge is 0.240 e. The second-order valence-corrected chi connectivity index (χ2v) is 7.45. The largest absolute Gasteiger partial charge is 0.491 e. The zero-order valence-electron chi connectivity index (χ0n) is 14.6. The maximum atomic E-state index is 12.5. The molecule has 0 radical (unpaired) electrons. The molecule has 25 heavy (non-hydrogen) atoms. The van der Waals surface area contributed by atoms with Crippen molar-refractivity contribution in [1.82, 2.24) is 4.72 Å². The van der Waals surface area contributed by atoms with Crippen molar-refractivity contribution in [2.24, 2.45) is 0 Å². The first-order chi connectivity index (χ1) is 12.1. The molecule has 0 saturated carbocycles. The predicted octanol–water partition coefficient (Wildman–Crippen LogP) is 3.18. The lowest BCUT2D eigenvalue weighted by Gasteiger charge is -2.16. The second kappa shape index (κ2) is 9.56. The SMILES string of the molecule is CCC(CNS(=O)(=O)c1ccc(OCCOC)cc1)c1ccccc1. The van der Waals surface area contributed by atoms with Crippen molar-refractivity contribution in [2.45, 2.75) is 24.2 Å². The van der Waals surface area contributed by atoms with Crippen LogP contribution in [0.1, 0.15) is 24.8 Å². The molecular formula is C19H25NO4S. The van der Waals surface area contributed by atoms with Crippen LogP contribution >= 0.6 is 0 Å². The molecule has 0 bridgehead atoms. The van der Waals surface area contributed by atoms with Gasteiger partial charge in [0, 0.05) is 13.7 Å². The Balaban J connectivity index is 1.98. The van der Waals surface area contributed by atoms with E-state index in [9.17, 15) is 8.42 Å². The van der Waals surface area contributed by atoms with Crippen molar-refractivity contribution >= 4 is 10.0 Å². The Morgan fingerprint density at radius 1 is 1.00 bits per heavy atom. The van der Waals surface area contributed by atoms with Gasteiger partial charge in [-0.05, 0) is 42.2 Å². The molecule has 136 valence electrons. The molecular weight excluding hydrogens is 338 g/mol. The zero-order valence-corrected chi connectivity index (χ0v) is 15.5. The molecule has 0 spiro atoms. The maximum absolute atomic E-state index is 12.5. The summed E-state index contributed by atoms with van der Waals surface area (Å²) in [7, 11) is -1.94. The Labute approximate surface area is 150 Å². The van der Waals surface area contributed by atoms with Crippen LogP contribution in [0, 0.1) is 0 Å². The van der Waals surface area contributed by atoms with E-state index in [1.54, 1.807) is 31.4 Å². The van der Waals surface area contributed by atoms with Crippen LogP contribution < -0.4 is 9.46 Å². The Morgan fingerprint density at radius 2 is 1.68 bits per heavy atom. The fourth-order valence-corrected chi connectivity index (χ4v) is 3.56. The molecule has 1 unspecified atom stereocenters. The third kappa shape index (κ3) is 5.85. The summed E-state index contributed by atoms with van der Waals surface area (Å²) >= 11 is 0. The van der Waals surface area contributed by atoms with Crippen LogP contribution in [0.3, 0.4) is 0 Å². The Kier molecular flexibility index (Phi) is 7.43. The fraction of sp³-hybridized carbons (Fsp3) is 0.368. The van der Waals surface area contributed by atoms with Gasteiger partial charge in [0.05, 0.1) is 11.5 Å². The third-order valence-corrected chi connectivity index (χ3v) is 5.41. The molecule has 0 aliphatic heterocycles. The van der Waals surface area contributed by atoms with E-state index in [1.807, 2.05) is 30.3 Å². The monoisotopic (exact) mass is 363 g/mol. The Morgan fingerprint density at radius 3 is 2.28 bits per heavy atom. The van der Waals surface area contributed by atoms with Crippen LogP contribution in [0.5, 0.6) is 5.75 Å². The van der Waals surface area contributed by atoms with E-state index in [-0.39, 0.29) is 10.8 Å². The van der Waals surface area contributed by atoms with E-state index in [1.165, 1.54) is 0 Å². The second-order valence-electron chi connectivity index (χ2n) is 5.68. The molecule has 6 heteroatoms. The van der Waals surface area contributed by atoms with Gasteiger partial charge in [0.25, 0.3) is 0 Å². The number of benzene rings is 2.